The molecule has 17 heavy (non-hydrogen) atoms. The highest BCUT2D eigenvalue weighted by molar-refractivity contribution is 6.34. The third kappa shape index (κ3) is 2.68. The molecule has 0 spiro atoms. The number of amidine groups is 1. The maximum absolute atomic E-state index is 11.6. The molecule has 1 aromatic rings. The average Bonchev–Trinajstić information content (AvgIpc) is 3.14. The molecule has 0 unspecified atom stereocenters. The van der Waals surface area contributed by atoms with Crippen molar-refractivity contribution in [2.75, 3.05) is 5.32 Å². The molecule has 6 heteroatoms. The molecule has 0 atom stereocenters. The number of nitrogens with zero attached hydrogens (tertiary/aromatic N) is 1. The Bertz CT molecular complexity index is 484. The van der Waals surface area contributed by atoms with Crippen LogP contribution in [0.2, 0.25) is 5.02 Å². The van der Waals surface area contributed by atoms with E-state index < -0.39 is 0 Å². The van der Waals surface area contributed by atoms with Crippen LogP contribution in [0.3, 0.4) is 0 Å². The number of hydrogen-bond acceptors (Lipinski definition) is 3. The first-order valence-corrected chi connectivity index (χ1v) is 5.58. The first kappa shape index (κ1) is 11.7. The molecule has 0 saturated heterocycles. The van der Waals surface area contributed by atoms with E-state index in [-0.39, 0.29) is 17.7 Å². The summed E-state index contributed by atoms with van der Waals surface area (Å²) in [4.78, 5) is 11.6. The predicted molar refractivity (Wildman–Crippen MR) is 65.3 cm³/mol. The SMILES string of the molecule is NC(=NO)c1ccc(Cl)c(NC(=O)C2CC2)c1. The molecule has 0 radical (unpaired) electrons. The number of anilines is 1. The summed E-state index contributed by atoms with van der Waals surface area (Å²) in [7, 11) is 0. The minimum atomic E-state index is -0.0384. The largest absolute Gasteiger partial charge is 0.409 e. The average molecular weight is 254 g/mol. The maximum Gasteiger partial charge on any atom is 0.227 e. The highest BCUT2D eigenvalue weighted by Crippen LogP contribution is 2.31. The van der Waals surface area contributed by atoms with Gasteiger partial charge < -0.3 is 16.3 Å². The van der Waals surface area contributed by atoms with Gasteiger partial charge in [0.1, 0.15) is 0 Å². The first-order valence-electron chi connectivity index (χ1n) is 5.20. The Morgan fingerprint density at radius 2 is 2.24 bits per heavy atom. The second-order valence-electron chi connectivity index (χ2n) is 3.94. The Hall–Kier alpha value is -1.75. The van der Waals surface area contributed by atoms with Crippen molar-refractivity contribution in [3.8, 4) is 0 Å². The van der Waals surface area contributed by atoms with Crippen molar-refractivity contribution < 1.29 is 10.0 Å². The van der Waals surface area contributed by atoms with E-state index in [0.29, 0.717) is 16.3 Å². The van der Waals surface area contributed by atoms with E-state index in [9.17, 15) is 4.79 Å². The highest BCUT2D eigenvalue weighted by Gasteiger charge is 2.29. The first-order chi connectivity index (χ1) is 8.11. The summed E-state index contributed by atoms with van der Waals surface area (Å²) in [5, 5.41) is 14.6. The van der Waals surface area contributed by atoms with Gasteiger partial charge in [0.2, 0.25) is 5.91 Å². The number of halogens is 1. The van der Waals surface area contributed by atoms with E-state index in [1.165, 1.54) is 0 Å². The number of carbonyl (C=O) groups is 1. The van der Waals surface area contributed by atoms with Gasteiger partial charge in [0.15, 0.2) is 5.84 Å². The van der Waals surface area contributed by atoms with E-state index in [4.69, 9.17) is 22.5 Å². The lowest BCUT2D eigenvalue weighted by molar-refractivity contribution is -0.117. The molecule has 4 N–H and O–H groups in total. The molecule has 2 rings (SSSR count). The maximum atomic E-state index is 11.6. The molecule has 5 nitrogen and oxygen atoms in total. The number of amides is 1. The second-order valence-corrected chi connectivity index (χ2v) is 4.35. The van der Waals surface area contributed by atoms with E-state index in [0.717, 1.165) is 12.8 Å². The molecule has 0 heterocycles. The summed E-state index contributed by atoms with van der Waals surface area (Å²) in [6.45, 7) is 0. The summed E-state index contributed by atoms with van der Waals surface area (Å²) < 4.78 is 0. The summed E-state index contributed by atoms with van der Waals surface area (Å²) in [5.74, 6) is 0.0331. The molecule has 1 amide bonds. The van der Waals surface area contributed by atoms with Crippen molar-refractivity contribution in [2.24, 2.45) is 16.8 Å². The minimum absolute atomic E-state index is 0.0245. The van der Waals surface area contributed by atoms with Crippen LogP contribution in [0, 0.1) is 5.92 Å². The lowest BCUT2D eigenvalue weighted by Crippen LogP contribution is -2.16. The zero-order valence-corrected chi connectivity index (χ0v) is 9.74. The smallest absolute Gasteiger partial charge is 0.227 e. The molecular weight excluding hydrogens is 242 g/mol. The number of nitrogens with two attached hydrogens (primary N) is 1. The Kier molecular flexibility index (Phi) is 3.19. The zero-order valence-electron chi connectivity index (χ0n) is 8.98. The number of carbonyl (C=O) groups excluding carboxylic acids is 1. The summed E-state index contributed by atoms with van der Waals surface area (Å²) in [5.41, 5.74) is 6.44. The summed E-state index contributed by atoms with van der Waals surface area (Å²) in [6.07, 6.45) is 1.84. The quantitative estimate of drug-likeness (QED) is 0.332. The third-order valence-corrected chi connectivity index (χ3v) is 2.91. The molecular formula is C11H12ClN3O2. The van der Waals surface area contributed by atoms with Crippen molar-refractivity contribution >= 4 is 29.0 Å². The van der Waals surface area contributed by atoms with Gasteiger partial charge in [-0.15, -0.1) is 0 Å². The van der Waals surface area contributed by atoms with E-state index in [1.54, 1.807) is 18.2 Å². The number of rotatable bonds is 3. The number of oxime groups is 1. The molecule has 0 aliphatic heterocycles. The monoisotopic (exact) mass is 253 g/mol. The Balaban J connectivity index is 2.22. The van der Waals surface area contributed by atoms with Crippen molar-refractivity contribution in [3.63, 3.8) is 0 Å². The molecule has 1 aromatic carbocycles. The minimum Gasteiger partial charge on any atom is -0.409 e. The van der Waals surface area contributed by atoms with Gasteiger partial charge in [0.25, 0.3) is 0 Å². The molecule has 0 bridgehead atoms. The highest BCUT2D eigenvalue weighted by atomic mass is 35.5. The molecule has 1 fully saturated rings. The van der Waals surface area contributed by atoms with Crippen LogP contribution in [0.15, 0.2) is 23.4 Å². The van der Waals surface area contributed by atoms with Crippen LogP contribution in [-0.4, -0.2) is 17.0 Å². The normalized spacial score (nSPS) is 15.7. The van der Waals surface area contributed by atoms with Crippen LogP contribution in [0.1, 0.15) is 18.4 Å². The van der Waals surface area contributed by atoms with Gasteiger partial charge in [-0.05, 0) is 31.0 Å². The lowest BCUT2D eigenvalue weighted by atomic mass is 10.2. The van der Waals surface area contributed by atoms with Crippen LogP contribution in [-0.2, 0) is 4.79 Å². The van der Waals surface area contributed by atoms with Crippen molar-refractivity contribution in [2.45, 2.75) is 12.8 Å². The number of nitrogens with one attached hydrogen (secondary N) is 1. The molecule has 90 valence electrons. The molecule has 1 saturated carbocycles. The Morgan fingerprint density at radius 3 is 2.82 bits per heavy atom. The Labute approximate surface area is 103 Å². The van der Waals surface area contributed by atoms with Gasteiger partial charge in [0.05, 0.1) is 10.7 Å². The van der Waals surface area contributed by atoms with Gasteiger partial charge >= 0.3 is 0 Å². The predicted octanol–water partition coefficient (Wildman–Crippen LogP) is 1.78. The molecule has 1 aliphatic carbocycles. The standard InChI is InChI=1S/C11H12ClN3O2/c12-8-4-3-7(10(13)15-17)5-9(8)14-11(16)6-1-2-6/h3-6,17H,1-2H2,(H2,13,15)(H,14,16). The fourth-order valence-corrected chi connectivity index (χ4v) is 1.58. The van der Waals surface area contributed by atoms with Crippen LogP contribution in [0.4, 0.5) is 5.69 Å². The van der Waals surface area contributed by atoms with Gasteiger partial charge in [0, 0.05) is 11.5 Å². The zero-order chi connectivity index (χ0) is 12.4. The lowest BCUT2D eigenvalue weighted by Gasteiger charge is -2.08. The molecule has 0 aromatic heterocycles. The van der Waals surface area contributed by atoms with Crippen LogP contribution >= 0.6 is 11.6 Å². The second kappa shape index (κ2) is 4.63. The topological polar surface area (TPSA) is 87.7 Å². The van der Waals surface area contributed by atoms with Crippen LogP contribution < -0.4 is 11.1 Å². The third-order valence-electron chi connectivity index (χ3n) is 2.58. The number of hydrogen-bond donors (Lipinski definition) is 3. The van der Waals surface area contributed by atoms with Crippen LogP contribution in [0.25, 0.3) is 0 Å². The Morgan fingerprint density at radius 1 is 1.53 bits per heavy atom. The van der Waals surface area contributed by atoms with Crippen molar-refractivity contribution in [1.29, 1.82) is 0 Å². The van der Waals surface area contributed by atoms with E-state index in [1.807, 2.05) is 0 Å². The van der Waals surface area contributed by atoms with Gasteiger partial charge in [-0.3, -0.25) is 4.79 Å². The summed E-state index contributed by atoms with van der Waals surface area (Å²) in [6, 6.07) is 4.79. The fourth-order valence-electron chi connectivity index (χ4n) is 1.42. The van der Waals surface area contributed by atoms with E-state index >= 15 is 0 Å². The van der Waals surface area contributed by atoms with Gasteiger partial charge in [-0.2, -0.15) is 0 Å². The van der Waals surface area contributed by atoms with Gasteiger partial charge in [-0.1, -0.05) is 16.8 Å². The van der Waals surface area contributed by atoms with Gasteiger partial charge in [-0.25, -0.2) is 0 Å². The van der Waals surface area contributed by atoms with Crippen LogP contribution in [0.5, 0.6) is 0 Å². The van der Waals surface area contributed by atoms with Crippen molar-refractivity contribution in [1.82, 2.24) is 0 Å². The molecule has 1 aliphatic rings. The number of benzene rings is 1. The fraction of sp³-hybridized carbons (Fsp3) is 0.273. The summed E-state index contributed by atoms with van der Waals surface area (Å²) >= 11 is 5.96. The van der Waals surface area contributed by atoms with Crippen molar-refractivity contribution in [3.05, 3.63) is 28.8 Å². The van der Waals surface area contributed by atoms with E-state index in [2.05, 4.69) is 10.5 Å².